The highest BCUT2D eigenvalue weighted by Crippen LogP contribution is 2.63. The van der Waals surface area contributed by atoms with Gasteiger partial charge in [0.25, 0.3) is 0 Å². The SMILES string of the molecule is CC1(C)C2C(=O)N(c3cc(Br)ccc3C(N)=S)C(=O)C21. The van der Waals surface area contributed by atoms with E-state index in [2.05, 4.69) is 15.9 Å². The van der Waals surface area contributed by atoms with E-state index in [0.717, 1.165) is 4.47 Å². The minimum Gasteiger partial charge on any atom is -0.389 e. The van der Waals surface area contributed by atoms with Gasteiger partial charge in [0.15, 0.2) is 0 Å². The van der Waals surface area contributed by atoms with Gasteiger partial charge in [0.1, 0.15) is 4.99 Å². The Kier molecular flexibility index (Phi) is 2.82. The molecule has 2 aliphatic rings. The summed E-state index contributed by atoms with van der Waals surface area (Å²) < 4.78 is 0.771. The molecule has 1 aromatic rings. The molecule has 104 valence electrons. The van der Waals surface area contributed by atoms with Crippen LogP contribution < -0.4 is 10.6 Å². The number of amides is 2. The summed E-state index contributed by atoms with van der Waals surface area (Å²) in [5, 5.41) is 0. The average Bonchev–Trinajstić information content (AvgIpc) is 2.79. The zero-order chi connectivity index (χ0) is 14.8. The van der Waals surface area contributed by atoms with Gasteiger partial charge >= 0.3 is 0 Å². The van der Waals surface area contributed by atoms with Crippen LogP contribution in [0, 0.1) is 17.3 Å². The molecule has 0 aromatic heterocycles. The predicted octanol–water partition coefficient (Wildman–Crippen LogP) is 2.23. The number of nitrogens with two attached hydrogens (primary N) is 1. The van der Waals surface area contributed by atoms with Crippen molar-refractivity contribution in [3.63, 3.8) is 0 Å². The minimum atomic E-state index is -0.222. The normalized spacial score (nSPS) is 26.6. The maximum Gasteiger partial charge on any atom is 0.238 e. The van der Waals surface area contributed by atoms with Gasteiger partial charge < -0.3 is 5.73 Å². The van der Waals surface area contributed by atoms with Crippen molar-refractivity contribution in [3.8, 4) is 0 Å². The van der Waals surface area contributed by atoms with Crippen LogP contribution in [0.2, 0.25) is 0 Å². The number of benzene rings is 1. The number of carbonyl (C=O) groups excluding carboxylic acids is 2. The number of rotatable bonds is 2. The first-order valence-corrected chi connectivity index (χ1v) is 7.44. The van der Waals surface area contributed by atoms with E-state index in [0.29, 0.717) is 11.3 Å². The molecular weight excluding hydrogens is 340 g/mol. The molecule has 1 aromatic carbocycles. The molecular formula is C14H13BrN2O2S. The van der Waals surface area contributed by atoms with Crippen LogP contribution in [0.1, 0.15) is 19.4 Å². The Hall–Kier alpha value is -1.27. The maximum absolute atomic E-state index is 12.5. The number of hydrogen-bond donors (Lipinski definition) is 1. The highest BCUT2D eigenvalue weighted by molar-refractivity contribution is 9.10. The maximum atomic E-state index is 12.5. The average molecular weight is 353 g/mol. The zero-order valence-electron chi connectivity index (χ0n) is 11.0. The number of hydrogen-bond acceptors (Lipinski definition) is 3. The predicted molar refractivity (Wildman–Crippen MR) is 83.3 cm³/mol. The number of anilines is 1. The van der Waals surface area contributed by atoms with Crippen molar-refractivity contribution in [1.82, 2.24) is 0 Å². The fourth-order valence-electron chi connectivity index (χ4n) is 3.08. The van der Waals surface area contributed by atoms with Crippen LogP contribution in [0.25, 0.3) is 0 Å². The van der Waals surface area contributed by atoms with Crippen LogP contribution in [-0.2, 0) is 9.59 Å². The molecule has 6 heteroatoms. The number of thiocarbonyl (C=S) groups is 1. The van der Waals surface area contributed by atoms with Crippen molar-refractivity contribution in [2.24, 2.45) is 23.0 Å². The standard InChI is InChI=1S/C14H13BrN2O2S/c1-14(2)9-10(14)13(19)17(12(9)18)8-5-6(15)3-4-7(8)11(16)20/h3-5,9-10H,1-2H3,(H2,16,20). The third-order valence-electron chi connectivity index (χ3n) is 4.27. The summed E-state index contributed by atoms with van der Waals surface area (Å²) in [6.45, 7) is 3.90. The lowest BCUT2D eigenvalue weighted by atomic mass is 10.0. The zero-order valence-corrected chi connectivity index (χ0v) is 13.4. The Morgan fingerprint density at radius 3 is 2.35 bits per heavy atom. The van der Waals surface area contributed by atoms with E-state index < -0.39 is 0 Å². The Morgan fingerprint density at radius 2 is 1.85 bits per heavy atom. The Morgan fingerprint density at radius 1 is 1.30 bits per heavy atom. The topological polar surface area (TPSA) is 63.4 Å². The second kappa shape index (κ2) is 4.11. The largest absolute Gasteiger partial charge is 0.389 e. The number of fused-ring (bicyclic) bond motifs is 1. The summed E-state index contributed by atoms with van der Waals surface area (Å²) in [6, 6.07) is 5.22. The second-order valence-electron chi connectivity index (χ2n) is 5.81. The number of halogens is 1. The van der Waals surface area contributed by atoms with E-state index in [9.17, 15) is 9.59 Å². The number of piperidine rings is 1. The van der Waals surface area contributed by atoms with Gasteiger partial charge in [-0.3, -0.25) is 9.59 Å². The molecule has 20 heavy (non-hydrogen) atoms. The summed E-state index contributed by atoms with van der Waals surface area (Å²) in [4.78, 5) is 26.3. The van der Waals surface area contributed by atoms with Crippen molar-refractivity contribution in [3.05, 3.63) is 28.2 Å². The highest BCUT2D eigenvalue weighted by atomic mass is 79.9. The van der Waals surface area contributed by atoms with Gasteiger partial charge in [-0.25, -0.2) is 4.90 Å². The Labute approximate surface area is 130 Å². The smallest absolute Gasteiger partial charge is 0.238 e. The summed E-state index contributed by atoms with van der Waals surface area (Å²) >= 11 is 8.35. The lowest BCUT2D eigenvalue weighted by Gasteiger charge is -2.23. The molecule has 1 aliphatic heterocycles. The fraction of sp³-hybridized carbons (Fsp3) is 0.357. The van der Waals surface area contributed by atoms with Crippen molar-refractivity contribution < 1.29 is 9.59 Å². The van der Waals surface area contributed by atoms with Crippen LogP contribution in [-0.4, -0.2) is 16.8 Å². The lowest BCUT2D eigenvalue weighted by Crippen LogP contribution is -2.37. The van der Waals surface area contributed by atoms with Gasteiger partial charge in [0.05, 0.1) is 17.5 Å². The summed E-state index contributed by atoms with van der Waals surface area (Å²) in [5.41, 5.74) is 6.49. The number of nitrogens with zero attached hydrogens (tertiary/aromatic N) is 1. The monoisotopic (exact) mass is 352 g/mol. The molecule has 1 heterocycles. The van der Waals surface area contributed by atoms with Gasteiger partial charge in [0.2, 0.25) is 11.8 Å². The summed E-state index contributed by atoms with van der Waals surface area (Å²) in [7, 11) is 0. The molecule has 4 nitrogen and oxygen atoms in total. The van der Waals surface area contributed by atoms with E-state index in [1.54, 1.807) is 18.2 Å². The molecule has 2 fully saturated rings. The third-order valence-corrected chi connectivity index (χ3v) is 4.98. The summed E-state index contributed by atoms with van der Waals surface area (Å²) in [5.74, 6) is -0.734. The molecule has 0 bridgehead atoms. The quantitative estimate of drug-likeness (QED) is 0.654. The first kappa shape index (κ1) is 13.7. The molecule has 2 atom stereocenters. The minimum absolute atomic E-state index is 0.152. The van der Waals surface area contributed by atoms with E-state index in [1.807, 2.05) is 13.8 Å². The molecule has 1 aliphatic carbocycles. The molecule has 2 unspecified atom stereocenters. The first-order chi connectivity index (χ1) is 9.26. The van der Waals surface area contributed by atoms with Crippen molar-refractivity contribution in [1.29, 1.82) is 0 Å². The van der Waals surface area contributed by atoms with E-state index in [4.69, 9.17) is 18.0 Å². The molecule has 2 amide bonds. The van der Waals surface area contributed by atoms with Crippen LogP contribution >= 0.6 is 28.1 Å². The van der Waals surface area contributed by atoms with Gasteiger partial charge in [0, 0.05) is 10.0 Å². The first-order valence-electron chi connectivity index (χ1n) is 6.24. The fourth-order valence-corrected chi connectivity index (χ4v) is 3.60. The molecule has 2 N–H and O–H groups in total. The Bertz CT molecular complexity index is 647. The molecule has 0 spiro atoms. The van der Waals surface area contributed by atoms with Crippen LogP contribution in [0.4, 0.5) is 5.69 Å². The van der Waals surface area contributed by atoms with Crippen molar-refractivity contribution >= 4 is 50.6 Å². The van der Waals surface area contributed by atoms with E-state index >= 15 is 0 Å². The van der Waals surface area contributed by atoms with Crippen LogP contribution in [0.15, 0.2) is 22.7 Å². The Balaban J connectivity index is 2.08. The highest BCUT2D eigenvalue weighted by Gasteiger charge is 2.72. The molecule has 3 rings (SSSR count). The molecule has 1 saturated carbocycles. The lowest BCUT2D eigenvalue weighted by molar-refractivity contribution is -0.125. The third kappa shape index (κ3) is 1.67. The van der Waals surface area contributed by atoms with Crippen LogP contribution in [0.3, 0.4) is 0 Å². The van der Waals surface area contributed by atoms with Crippen molar-refractivity contribution in [2.75, 3.05) is 4.90 Å². The van der Waals surface area contributed by atoms with Gasteiger partial charge in [-0.1, -0.05) is 42.0 Å². The van der Waals surface area contributed by atoms with Gasteiger partial charge in [-0.15, -0.1) is 0 Å². The van der Waals surface area contributed by atoms with Gasteiger partial charge in [-0.2, -0.15) is 0 Å². The second-order valence-corrected chi connectivity index (χ2v) is 7.17. The van der Waals surface area contributed by atoms with E-state index in [-0.39, 0.29) is 34.1 Å². The number of carbonyl (C=O) groups is 2. The molecule has 0 radical (unpaired) electrons. The van der Waals surface area contributed by atoms with E-state index in [1.165, 1.54) is 4.90 Å². The number of imide groups is 1. The summed E-state index contributed by atoms with van der Waals surface area (Å²) in [6.07, 6.45) is 0. The van der Waals surface area contributed by atoms with Crippen LogP contribution in [0.5, 0.6) is 0 Å². The molecule has 1 saturated heterocycles. The van der Waals surface area contributed by atoms with Gasteiger partial charge in [-0.05, 0) is 23.6 Å². The van der Waals surface area contributed by atoms with Crippen molar-refractivity contribution in [2.45, 2.75) is 13.8 Å².